The molecule has 3 N–H and O–H groups in total. The van der Waals surface area contributed by atoms with Crippen molar-refractivity contribution in [2.45, 2.75) is 49.4 Å². The average molecular weight is 662 g/mol. The van der Waals surface area contributed by atoms with Gasteiger partial charge in [0, 0.05) is 19.0 Å². The van der Waals surface area contributed by atoms with Crippen molar-refractivity contribution >= 4 is 6.03 Å². The molecule has 3 aromatic carbocycles. The molecule has 0 heterocycles. The Hall–Kier alpha value is -4.15. The molecule has 0 unspecified atom stereocenters. The third kappa shape index (κ3) is 8.95. The first-order valence-electron chi connectivity index (χ1n) is 12.6. The molecule has 17 heteroatoms. The average Bonchev–Trinajstić information content (AvgIpc) is 2.91. The van der Waals surface area contributed by atoms with E-state index >= 15 is 0 Å². The Morgan fingerprint density at radius 2 is 1.49 bits per heavy atom. The highest BCUT2D eigenvalue weighted by Crippen LogP contribution is 2.40. The van der Waals surface area contributed by atoms with Crippen LogP contribution in [0.4, 0.5) is 57.5 Å². The van der Waals surface area contributed by atoms with Crippen LogP contribution in [0.15, 0.2) is 66.7 Å². The van der Waals surface area contributed by atoms with Gasteiger partial charge in [0.2, 0.25) is 0 Å². The van der Waals surface area contributed by atoms with Gasteiger partial charge in [0.25, 0.3) is 0 Å². The third-order valence-electron chi connectivity index (χ3n) is 6.36. The van der Waals surface area contributed by atoms with E-state index in [1.165, 1.54) is 30.3 Å². The summed E-state index contributed by atoms with van der Waals surface area (Å²) in [6, 6.07) is 8.35. The number of amides is 2. The Labute approximate surface area is 246 Å². The van der Waals surface area contributed by atoms with E-state index in [-0.39, 0.29) is 17.7 Å². The lowest BCUT2D eigenvalue weighted by molar-refractivity contribution is -0.253. The van der Waals surface area contributed by atoms with Gasteiger partial charge in [0.05, 0.1) is 11.1 Å². The van der Waals surface area contributed by atoms with E-state index in [1.807, 2.05) is 5.32 Å². The molecule has 0 bridgehead atoms. The molecule has 2 atom stereocenters. The Bertz CT molecular complexity index is 1470. The minimum atomic E-state index is -5.33. The lowest BCUT2D eigenvalue weighted by atomic mass is 9.77. The van der Waals surface area contributed by atoms with Gasteiger partial charge in [0.1, 0.15) is 17.4 Å². The number of urea groups is 1. The molecule has 0 aliphatic carbocycles. The first-order chi connectivity index (χ1) is 20.7. The number of hydrogen-bond acceptors (Lipinski definition) is 3. The fourth-order valence-electron chi connectivity index (χ4n) is 4.26. The van der Waals surface area contributed by atoms with Gasteiger partial charge in [-0.25, -0.2) is 13.6 Å². The zero-order valence-electron chi connectivity index (χ0n) is 22.4. The molecule has 0 aliphatic rings. The second-order valence-corrected chi connectivity index (χ2v) is 9.63. The van der Waals surface area contributed by atoms with Crippen LogP contribution in [0.2, 0.25) is 0 Å². The van der Waals surface area contributed by atoms with Crippen molar-refractivity contribution in [1.29, 1.82) is 0 Å². The van der Waals surface area contributed by atoms with E-state index < -0.39 is 96.0 Å². The summed E-state index contributed by atoms with van der Waals surface area (Å²) in [5.74, 6) is -4.47. The predicted molar refractivity (Wildman–Crippen MR) is 134 cm³/mol. The topological polar surface area (TPSA) is 70.6 Å². The van der Waals surface area contributed by atoms with Gasteiger partial charge in [-0.2, -0.15) is 43.9 Å². The monoisotopic (exact) mass is 662 g/mol. The molecule has 3 rings (SSSR count). The molecule has 45 heavy (non-hydrogen) atoms. The predicted octanol–water partition coefficient (Wildman–Crippen LogP) is 7.32. The maximum absolute atomic E-state index is 14.8. The van der Waals surface area contributed by atoms with Crippen LogP contribution >= 0.6 is 0 Å². The highest BCUT2D eigenvalue weighted by molar-refractivity contribution is 5.76. The molecule has 0 aromatic heterocycles. The number of aliphatic hydroxyl groups is 1. The highest BCUT2D eigenvalue weighted by Gasteiger charge is 2.45. The van der Waals surface area contributed by atoms with E-state index in [0.29, 0.717) is 18.2 Å². The Kier molecular flexibility index (Phi) is 10.6. The van der Waals surface area contributed by atoms with Gasteiger partial charge in [-0.3, -0.25) is 0 Å². The maximum Gasteiger partial charge on any atom is 0.461 e. The summed E-state index contributed by atoms with van der Waals surface area (Å²) in [6.45, 7) is -0.858. The standard InChI is InChI=1S/C28H22F12N2O3/c29-18-10-17(11-19(13-18)45-28(39,40)23(31)32)25(14-15-4-2-1-3-5-15,16-6-7-21(30)20(12-16)26(33,34)35)42-24(44)41-9-8-22(43)27(36,37)38/h1-7,10-13,22-23,43H,8-9,14H2,(H2,41,42,44)/t22-,25-/m1/s1. The highest BCUT2D eigenvalue weighted by atomic mass is 19.4. The quantitative estimate of drug-likeness (QED) is 0.189. The summed E-state index contributed by atoms with van der Waals surface area (Å²) < 4.78 is 166. The van der Waals surface area contributed by atoms with Gasteiger partial charge in [-0.15, -0.1) is 0 Å². The lowest BCUT2D eigenvalue weighted by Gasteiger charge is -2.37. The van der Waals surface area contributed by atoms with E-state index in [1.54, 1.807) is 0 Å². The van der Waals surface area contributed by atoms with Crippen molar-refractivity contribution < 1.29 is 67.3 Å². The number of hydrogen-bond donors (Lipinski definition) is 3. The van der Waals surface area contributed by atoms with Crippen LogP contribution in [0.5, 0.6) is 5.75 Å². The molecule has 0 saturated heterocycles. The Balaban J connectivity index is 2.25. The fraction of sp³-hybridized carbons (Fsp3) is 0.321. The summed E-state index contributed by atoms with van der Waals surface area (Å²) in [6.07, 6.45) is -24.5. The summed E-state index contributed by atoms with van der Waals surface area (Å²) in [5.41, 5.74) is -5.47. The van der Waals surface area contributed by atoms with E-state index in [9.17, 15) is 62.6 Å². The minimum absolute atomic E-state index is 0.188. The number of halogens is 12. The second-order valence-electron chi connectivity index (χ2n) is 9.63. The van der Waals surface area contributed by atoms with Crippen LogP contribution < -0.4 is 15.4 Å². The number of ether oxygens (including phenoxy) is 1. The van der Waals surface area contributed by atoms with Crippen molar-refractivity contribution in [2.75, 3.05) is 6.54 Å². The number of rotatable bonds is 11. The van der Waals surface area contributed by atoms with Crippen molar-refractivity contribution in [1.82, 2.24) is 10.6 Å². The normalized spacial score (nSPS) is 14.5. The first-order valence-corrected chi connectivity index (χ1v) is 12.6. The molecule has 246 valence electrons. The van der Waals surface area contributed by atoms with E-state index in [4.69, 9.17) is 0 Å². The summed E-state index contributed by atoms with van der Waals surface area (Å²) in [5, 5.41) is 13.4. The zero-order valence-corrected chi connectivity index (χ0v) is 22.4. The molecule has 0 spiro atoms. The lowest BCUT2D eigenvalue weighted by Crippen LogP contribution is -2.52. The van der Waals surface area contributed by atoms with Crippen molar-refractivity contribution in [3.05, 3.63) is 101 Å². The second kappa shape index (κ2) is 13.5. The van der Waals surface area contributed by atoms with Crippen LogP contribution in [0.1, 0.15) is 28.7 Å². The van der Waals surface area contributed by atoms with Gasteiger partial charge in [-0.1, -0.05) is 36.4 Å². The van der Waals surface area contributed by atoms with Crippen LogP contribution in [0.3, 0.4) is 0 Å². The number of nitrogens with one attached hydrogen (secondary N) is 2. The molecule has 0 radical (unpaired) electrons. The summed E-state index contributed by atoms with van der Waals surface area (Å²) in [4.78, 5) is 13.0. The van der Waals surface area contributed by atoms with Crippen LogP contribution in [-0.4, -0.2) is 42.5 Å². The molecule has 0 fully saturated rings. The van der Waals surface area contributed by atoms with E-state index in [2.05, 4.69) is 10.1 Å². The van der Waals surface area contributed by atoms with Crippen molar-refractivity contribution in [3.63, 3.8) is 0 Å². The number of carbonyl (C=O) groups is 1. The van der Waals surface area contributed by atoms with Gasteiger partial charge >= 0.3 is 30.9 Å². The summed E-state index contributed by atoms with van der Waals surface area (Å²) >= 11 is 0. The van der Waals surface area contributed by atoms with Gasteiger partial charge < -0.3 is 20.5 Å². The molecule has 2 amide bonds. The Morgan fingerprint density at radius 3 is 2.07 bits per heavy atom. The molecule has 5 nitrogen and oxygen atoms in total. The third-order valence-corrected chi connectivity index (χ3v) is 6.36. The maximum atomic E-state index is 14.8. The Morgan fingerprint density at radius 1 is 0.844 bits per heavy atom. The fourth-order valence-corrected chi connectivity index (χ4v) is 4.26. The van der Waals surface area contributed by atoms with Crippen LogP contribution in [0.25, 0.3) is 0 Å². The van der Waals surface area contributed by atoms with Crippen molar-refractivity contribution in [3.8, 4) is 5.75 Å². The number of alkyl halides is 10. The summed E-state index contributed by atoms with van der Waals surface area (Å²) in [7, 11) is 0. The first kappa shape index (κ1) is 35.3. The smallest absolute Gasteiger partial charge is 0.428 e. The SMILES string of the molecule is O=C(NCC[C@@H](O)C(F)(F)F)N[C@@](Cc1ccccc1)(c1cc(F)cc(OC(F)(F)C(F)F)c1)c1ccc(F)c(C(F)(F)F)c1. The molecule has 3 aromatic rings. The molecular formula is C28H22F12N2O3. The van der Waals surface area contributed by atoms with Gasteiger partial charge in [0.15, 0.2) is 6.10 Å². The van der Waals surface area contributed by atoms with E-state index in [0.717, 1.165) is 6.07 Å². The zero-order chi connectivity index (χ0) is 33.8. The van der Waals surface area contributed by atoms with Crippen LogP contribution in [0, 0.1) is 11.6 Å². The minimum Gasteiger partial charge on any atom is -0.428 e. The largest absolute Gasteiger partial charge is 0.461 e. The molecular weight excluding hydrogens is 640 g/mol. The number of aliphatic hydroxyl groups excluding tert-OH is 1. The van der Waals surface area contributed by atoms with Gasteiger partial charge in [-0.05, 0) is 47.4 Å². The number of carbonyl (C=O) groups excluding carboxylic acids is 1. The van der Waals surface area contributed by atoms with Crippen molar-refractivity contribution in [2.24, 2.45) is 0 Å². The molecule has 0 aliphatic heterocycles. The van der Waals surface area contributed by atoms with Crippen LogP contribution in [-0.2, 0) is 18.1 Å². The molecule has 0 saturated carbocycles. The number of benzene rings is 3.